The summed E-state index contributed by atoms with van der Waals surface area (Å²) in [5.41, 5.74) is 7.10. The second-order valence-corrected chi connectivity index (χ2v) is 2.92. The Hall–Kier alpha value is -0.820. The van der Waals surface area contributed by atoms with Gasteiger partial charge in [-0.3, -0.25) is 0 Å². The summed E-state index contributed by atoms with van der Waals surface area (Å²) >= 11 is 0. The van der Waals surface area contributed by atoms with E-state index in [0.29, 0.717) is 12.0 Å². The highest BCUT2D eigenvalue weighted by Gasteiger charge is 2.34. The maximum Gasteiger partial charge on any atom is 0.0115 e. The first-order valence-corrected chi connectivity index (χ1v) is 5.68. The number of benzene rings is 1. The predicted molar refractivity (Wildman–Crippen MR) is 64.5 cm³/mol. The Balaban J connectivity index is 0.000000379. The van der Waals surface area contributed by atoms with Crippen molar-refractivity contribution in [2.45, 2.75) is 46.1 Å². The molecule has 1 heteroatoms. The van der Waals surface area contributed by atoms with Crippen LogP contribution >= 0.6 is 0 Å². The fourth-order valence-electron chi connectivity index (χ4n) is 1.30. The lowest BCUT2D eigenvalue weighted by Crippen LogP contribution is -2.00. The Kier molecular flexibility index (Phi) is 7.13. The number of hydrogen-bond donors (Lipinski definition) is 1. The van der Waals surface area contributed by atoms with Gasteiger partial charge in [0.25, 0.3) is 0 Å². The number of nitrogens with two attached hydrogens (primary N) is 1. The molecule has 2 N–H and O–H groups in total. The molecule has 1 fully saturated rings. The van der Waals surface area contributed by atoms with Crippen molar-refractivity contribution >= 4 is 0 Å². The summed E-state index contributed by atoms with van der Waals surface area (Å²) in [6, 6.07) is 10.9. The molecule has 0 bridgehead atoms. The van der Waals surface area contributed by atoms with Gasteiger partial charge in [0.15, 0.2) is 0 Å². The third-order valence-corrected chi connectivity index (χ3v) is 2.07. The highest BCUT2D eigenvalue weighted by atomic mass is 14.7. The minimum absolute atomic E-state index is 0.433. The van der Waals surface area contributed by atoms with Gasteiger partial charge < -0.3 is 5.73 Å². The third kappa shape index (κ3) is 3.93. The van der Waals surface area contributed by atoms with Crippen molar-refractivity contribution in [3.05, 3.63) is 35.9 Å². The zero-order valence-electron chi connectivity index (χ0n) is 9.83. The van der Waals surface area contributed by atoms with E-state index in [-0.39, 0.29) is 0 Å². The van der Waals surface area contributed by atoms with Gasteiger partial charge in [-0.1, -0.05) is 58.0 Å². The van der Waals surface area contributed by atoms with Gasteiger partial charge in [0.1, 0.15) is 0 Å². The molecule has 1 aromatic carbocycles. The largest absolute Gasteiger partial charge is 0.327 e. The van der Waals surface area contributed by atoms with Crippen molar-refractivity contribution in [3.63, 3.8) is 0 Å². The molecule has 80 valence electrons. The molecule has 0 aromatic heterocycles. The van der Waals surface area contributed by atoms with Gasteiger partial charge in [-0.05, 0) is 12.0 Å². The Morgan fingerprint density at radius 2 is 1.43 bits per heavy atom. The molecule has 1 saturated carbocycles. The van der Waals surface area contributed by atoms with Crippen molar-refractivity contribution in [1.82, 2.24) is 0 Å². The van der Waals surface area contributed by atoms with Gasteiger partial charge in [-0.2, -0.15) is 0 Å². The van der Waals surface area contributed by atoms with E-state index in [2.05, 4.69) is 24.3 Å². The van der Waals surface area contributed by atoms with E-state index in [1.165, 1.54) is 12.0 Å². The van der Waals surface area contributed by atoms with Gasteiger partial charge >= 0.3 is 0 Å². The van der Waals surface area contributed by atoms with Gasteiger partial charge in [0.2, 0.25) is 0 Å². The van der Waals surface area contributed by atoms with Crippen LogP contribution in [0.3, 0.4) is 0 Å². The molecule has 0 amide bonds. The quantitative estimate of drug-likeness (QED) is 0.725. The molecule has 2 rings (SSSR count). The summed E-state index contributed by atoms with van der Waals surface area (Å²) in [4.78, 5) is 0. The Morgan fingerprint density at radius 3 is 1.79 bits per heavy atom. The summed E-state index contributed by atoms with van der Waals surface area (Å²) in [5.74, 6) is 0.654. The molecule has 1 aromatic rings. The van der Waals surface area contributed by atoms with Crippen LogP contribution in [-0.4, -0.2) is 6.04 Å². The van der Waals surface area contributed by atoms with E-state index < -0.39 is 0 Å². The molecule has 0 saturated heterocycles. The van der Waals surface area contributed by atoms with Crippen molar-refractivity contribution in [1.29, 1.82) is 0 Å². The highest BCUT2D eigenvalue weighted by Crippen LogP contribution is 2.38. The van der Waals surface area contributed by atoms with Crippen LogP contribution in [0.15, 0.2) is 30.3 Å². The summed E-state index contributed by atoms with van der Waals surface area (Å²) in [7, 11) is 0. The molecule has 1 aliphatic carbocycles. The normalized spacial score (nSPS) is 22.4. The maximum absolute atomic E-state index is 5.70. The lowest BCUT2D eigenvalue weighted by molar-refractivity contribution is 0.991. The predicted octanol–water partition coefficient (Wildman–Crippen LogP) is 3.55. The van der Waals surface area contributed by atoms with Crippen LogP contribution in [-0.2, 0) is 0 Å². The molecule has 2 atom stereocenters. The fraction of sp³-hybridized carbons (Fsp3) is 0.538. The molecule has 1 nitrogen and oxygen atoms in total. The van der Waals surface area contributed by atoms with Gasteiger partial charge in [-0.25, -0.2) is 0 Å². The summed E-state index contributed by atoms with van der Waals surface area (Å²) in [5, 5.41) is 0. The zero-order chi connectivity index (χ0) is 11.0. The lowest BCUT2D eigenvalue weighted by atomic mass is 10.1. The van der Waals surface area contributed by atoms with Gasteiger partial charge in [-0.15, -0.1) is 0 Å². The van der Waals surface area contributed by atoms with Crippen LogP contribution in [0.4, 0.5) is 0 Å². The number of hydrogen-bond acceptors (Lipinski definition) is 1. The lowest BCUT2D eigenvalue weighted by Gasteiger charge is -1.94. The van der Waals surface area contributed by atoms with Crippen LogP contribution in [0, 0.1) is 0 Å². The maximum atomic E-state index is 5.70. The molecule has 0 radical (unpaired) electrons. The van der Waals surface area contributed by atoms with Crippen LogP contribution in [0.25, 0.3) is 0 Å². The number of rotatable bonds is 1. The molecule has 1 aliphatic rings. The van der Waals surface area contributed by atoms with Crippen molar-refractivity contribution < 1.29 is 0 Å². The van der Waals surface area contributed by atoms with E-state index in [4.69, 9.17) is 5.73 Å². The van der Waals surface area contributed by atoms with E-state index in [9.17, 15) is 0 Å². The summed E-state index contributed by atoms with van der Waals surface area (Å²) < 4.78 is 0. The van der Waals surface area contributed by atoms with Crippen molar-refractivity contribution in [2.24, 2.45) is 5.73 Å². The fourth-order valence-corrected chi connectivity index (χ4v) is 1.30. The Labute approximate surface area is 88.3 Å². The molecule has 0 spiro atoms. The smallest absolute Gasteiger partial charge is 0.0115 e. The van der Waals surface area contributed by atoms with Crippen LogP contribution in [0.1, 0.15) is 45.6 Å². The van der Waals surface area contributed by atoms with E-state index in [1.807, 2.05) is 33.8 Å². The molecule has 2 unspecified atom stereocenters. The van der Waals surface area contributed by atoms with Crippen LogP contribution in [0.2, 0.25) is 0 Å². The minimum Gasteiger partial charge on any atom is -0.327 e. The van der Waals surface area contributed by atoms with Crippen LogP contribution in [0.5, 0.6) is 0 Å². The van der Waals surface area contributed by atoms with E-state index in [0.717, 1.165) is 0 Å². The Morgan fingerprint density at radius 1 is 1.00 bits per heavy atom. The van der Waals surface area contributed by atoms with Gasteiger partial charge in [0, 0.05) is 12.0 Å². The highest BCUT2D eigenvalue weighted by molar-refractivity contribution is 5.26. The SMILES string of the molecule is CC.CC.NC1CC1c1ccccc1. The Bertz CT molecular complexity index is 218. The molecule has 14 heavy (non-hydrogen) atoms. The monoisotopic (exact) mass is 193 g/mol. The summed E-state index contributed by atoms with van der Waals surface area (Å²) in [6.45, 7) is 8.00. The van der Waals surface area contributed by atoms with Crippen molar-refractivity contribution in [2.75, 3.05) is 0 Å². The van der Waals surface area contributed by atoms with E-state index >= 15 is 0 Å². The second kappa shape index (κ2) is 7.57. The second-order valence-electron chi connectivity index (χ2n) is 2.92. The average molecular weight is 193 g/mol. The third-order valence-electron chi connectivity index (χ3n) is 2.07. The first-order valence-electron chi connectivity index (χ1n) is 5.68. The molecule has 0 heterocycles. The first kappa shape index (κ1) is 13.2. The first-order chi connectivity index (χ1) is 6.88. The molecular weight excluding hydrogens is 170 g/mol. The van der Waals surface area contributed by atoms with Crippen molar-refractivity contribution in [3.8, 4) is 0 Å². The van der Waals surface area contributed by atoms with Crippen LogP contribution < -0.4 is 5.73 Å². The zero-order valence-corrected chi connectivity index (χ0v) is 9.83. The standard InChI is InChI=1S/C9H11N.2C2H6/c10-9-6-8(9)7-4-2-1-3-5-7;2*1-2/h1-5,8-9H,6,10H2;2*1-2H3. The summed E-state index contributed by atoms with van der Waals surface area (Å²) in [6.07, 6.45) is 1.17. The topological polar surface area (TPSA) is 26.0 Å². The molecular formula is C13H23N. The average Bonchev–Trinajstić information content (AvgIpc) is 3.03. The van der Waals surface area contributed by atoms with E-state index in [1.54, 1.807) is 0 Å². The minimum atomic E-state index is 0.433. The molecule has 0 aliphatic heterocycles. The van der Waals surface area contributed by atoms with Gasteiger partial charge in [0.05, 0.1) is 0 Å².